The summed E-state index contributed by atoms with van der Waals surface area (Å²) in [6, 6.07) is 7.30. The summed E-state index contributed by atoms with van der Waals surface area (Å²) < 4.78 is 11.3. The van der Waals surface area contributed by atoms with Crippen LogP contribution in [0.5, 0.6) is 11.5 Å². The Labute approximate surface area is 130 Å². The molecular formula is C15H13BrO3S. The Morgan fingerprint density at radius 2 is 1.95 bits per heavy atom. The third kappa shape index (κ3) is 3.29. The number of hydrogen-bond donors (Lipinski definition) is 0. The van der Waals surface area contributed by atoms with E-state index >= 15 is 0 Å². The molecule has 2 rings (SSSR count). The van der Waals surface area contributed by atoms with E-state index in [1.54, 1.807) is 32.4 Å². The molecule has 0 aliphatic rings. The minimum absolute atomic E-state index is 0.0123. The highest BCUT2D eigenvalue weighted by atomic mass is 79.9. The van der Waals surface area contributed by atoms with E-state index in [1.165, 1.54) is 11.3 Å². The molecule has 0 radical (unpaired) electrons. The molecule has 1 heterocycles. The van der Waals surface area contributed by atoms with Gasteiger partial charge in [-0.1, -0.05) is 22.0 Å². The van der Waals surface area contributed by atoms with E-state index in [0.717, 1.165) is 14.9 Å². The van der Waals surface area contributed by atoms with Crippen LogP contribution in [0.3, 0.4) is 0 Å². The number of ketones is 1. The van der Waals surface area contributed by atoms with Gasteiger partial charge in [0.05, 0.1) is 19.1 Å². The lowest BCUT2D eigenvalue weighted by Gasteiger charge is -2.09. The number of hydrogen-bond acceptors (Lipinski definition) is 4. The lowest BCUT2D eigenvalue weighted by molar-refractivity contribution is 0.105. The molecule has 1 aromatic heterocycles. The smallest absolute Gasteiger partial charge is 0.195 e. The third-order valence-corrected chi connectivity index (χ3v) is 4.25. The molecule has 2 aromatic rings. The Hall–Kier alpha value is -1.59. The fourth-order valence-corrected chi connectivity index (χ4v) is 2.76. The molecule has 0 saturated carbocycles. The topological polar surface area (TPSA) is 35.5 Å². The van der Waals surface area contributed by atoms with Crippen LogP contribution in [0.1, 0.15) is 15.2 Å². The van der Waals surface area contributed by atoms with E-state index < -0.39 is 0 Å². The SMILES string of the molecule is COc1cc(Br)c(/C=C/C(=O)c2cccs2)cc1OC. The average Bonchev–Trinajstić information content (AvgIpc) is 2.99. The summed E-state index contributed by atoms with van der Waals surface area (Å²) in [6.07, 6.45) is 3.31. The van der Waals surface area contributed by atoms with Gasteiger partial charge in [-0.05, 0) is 41.3 Å². The van der Waals surface area contributed by atoms with Crippen molar-refractivity contribution in [3.05, 3.63) is 50.6 Å². The summed E-state index contributed by atoms with van der Waals surface area (Å²) in [5.41, 5.74) is 0.854. The molecule has 0 N–H and O–H groups in total. The van der Waals surface area contributed by atoms with Crippen molar-refractivity contribution in [3.63, 3.8) is 0 Å². The summed E-state index contributed by atoms with van der Waals surface area (Å²) in [5, 5.41) is 1.88. The number of rotatable bonds is 5. The normalized spacial score (nSPS) is 10.8. The molecule has 104 valence electrons. The van der Waals surface area contributed by atoms with Crippen LogP contribution in [0.25, 0.3) is 6.08 Å². The highest BCUT2D eigenvalue weighted by molar-refractivity contribution is 9.10. The largest absolute Gasteiger partial charge is 0.493 e. The van der Waals surface area contributed by atoms with Crippen molar-refractivity contribution < 1.29 is 14.3 Å². The molecular weight excluding hydrogens is 340 g/mol. The van der Waals surface area contributed by atoms with Gasteiger partial charge in [-0.25, -0.2) is 0 Å². The fourth-order valence-electron chi connectivity index (χ4n) is 1.66. The minimum atomic E-state index is -0.0123. The second-order valence-electron chi connectivity index (χ2n) is 3.90. The van der Waals surface area contributed by atoms with Crippen LogP contribution in [0.2, 0.25) is 0 Å². The molecule has 0 bridgehead atoms. The van der Waals surface area contributed by atoms with Gasteiger partial charge in [-0.2, -0.15) is 0 Å². The van der Waals surface area contributed by atoms with E-state index in [4.69, 9.17) is 9.47 Å². The first-order valence-corrected chi connectivity index (χ1v) is 7.50. The van der Waals surface area contributed by atoms with Crippen LogP contribution in [0, 0.1) is 0 Å². The van der Waals surface area contributed by atoms with E-state index in [-0.39, 0.29) is 5.78 Å². The van der Waals surface area contributed by atoms with Crippen LogP contribution in [0.4, 0.5) is 0 Å². The molecule has 0 fully saturated rings. The fraction of sp³-hybridized carbons (Fsp3) is 0.133. The van der Waals surface area contributed by atoms with Gasteiger partial charge in [0.15, 0.2) is 17.3 Å². The Kier molecular flexibility index (Phi) is 4.98. The zero-order chi connectivity index (χ0) is 14.5. The third-order valence-electron chi connectivity index (χ3n) is 2.68. The maximum absolute atomic E-state index is 11.9. The van der Waals surface area contributed by atoms with Crippen molar-refractivity contribution >= 4 is 39.1 Å². The molecule has 0 aliphatic heterocycles. The summed E-state index contributed by atoms with van der Waals surface area (Å²) in [4.78, 5) is 12.6. The summed E-state index contributed by atoms with van der Waals surface area (Å²) >= 11 is 4.88. The van der Waals surface area contributed by atoms with Gasteiger partial charge < -0.3 is 9.47 Å². The quantitative estimate of drug-likeness (QED) is 0.590. The van der Waals surface area contributed by atoms with Crippen LogP contribution in [-0.2, 0) is 0 Å². The first-order valence-electron chi connectivity index (χ1n) is 5.83. The minimum Gasteiger partial charge on any atom is -0.493 e. The van der Waals surface area contributed by atoms with Crippen molar-refractivity contribution in [2.75, 3.05) is 14.2 Å². The van der Waals surface area contributed by atoms with Gasteiger partial charge in [0, 0.05) is 4.47 Å². The Morgan fingerprint density at radius 3 is 2.55 bits per heavy atom. The summed E-state index contributed by atoms with van der Waals surface area (Å²) in [6.45, 7) is 0. The first-order chi connectivity index (χ1) is 9.65. The van der Waals surface area contributed by atoms with E-state index in [0.29, 0.717) is 11.5 Å². The molecule has 5 heteroatoms. The van der Waals surface area contributed by atoms with Gasteiger partial charge >= 0.3 is 0 Å². The number of methoxy groups -OCH3 is 2. The number of thiophene rings is 1. The second-order valence-corrected chi connectivity index (χ2v) is 5.71. The average molecular weight is 353 g/mol. The molecule has 0 aliphatic carbocycles. The molecule has 0 spiro atoms. The number of halogens is 1. The molecule has 3 nitrogen and oxygen atoms in total. The molecule has 0 unspecified atom stereocenters. The maximum Gasteiger partial charge on any atom is 0.195 e. The summed E-state index contributed by atoms with van der Waals surface area (Å²) in [5.74, 6) is 1.25. The number of ether oxygens (including phenoxy) is 2. The van der Waals surface area contributed by atoms with Gasteiger partial charge in [0.1, 0.15) is 0 Å². The monoisotopic (exact) mass is 352 g/mol. The van der Waals surface area contributed by atoms with Gasteiger partial charge in [-0.3, -0.25) is 4.79 Å². The van der Waals surface area contributed by atoms with Crippen LogP contribution in [-0.4, -0.2) is 20.0 Å². The standard InChI is InChI=1S/C15H13BrO3S/c1-18-13-8-10(11(16)9-14(13)19-2)5-6-12(17)15-4-3-7-20-15/h3-9H,1-2H3/b6-5+. The zero-order valence-corrected chi connectivity index (χ0v) is 13.5. The molecule has 20 heavy (non-hydrogen) atoms. The molecule has 0 atom stereocenters. The van der Waals surface area contributed by atoms with Crippen molar-refractivity contribution in [1.29, 1.82) is 0 Å². The highest BCUT2D eigenvalue weighted by Crippen LogP contribution is 2.33. The van der Waals surface area contributed by atoms with Crippen molar-refractivity contribution in [2.45, 2.75) is 0 Å². The van der Waals surface area contributed by atoms with Crippen molar-refractivity contribution in [3.8, 4) is 11.5 Å². The molecule has 0 saturated heterocycles. The van der Waals surface area contributed by atoms with Gasteiger partial charge in [0.2, 0.25) is 0 Å². The molecule has 1 aromatic carbocycles. The Morgan fingerprint density at radius 1 is 1.25 bits per heavy atom. The first kappa shape index (κ1) is 14.8. The van der Waals surface area contributed by atoms with E-state index in [2.05, 4.69) is 15.9 Å². The van der Waals surface area contributed by atoms with Crippen molar-refractivity contribution in [1.82, 2.24) is 0 Å². The maximum atomic E-state index is 11.9. The number of allylic oxidation sites excluding steroid dienone is 1. The van der Waals surface area contributed by atoms with Crippen LogP contribution < -0.4 is 9.47 Å². The lowest BCUT2D eigenvalue weighted by Crippen LogP contribution is -1.93. The van der Waals surface area contributed by atoms with E-state index in [9.17, 15) is 4.79 Å². The van der Waals surface area contributed by atoms with Crippen LogP contribution in [0.15, 0.2) is 40.2 Å². The number of carbonyl (C=O) groups excluding carboxylic acids is 1. The number of carbonyl (C=O) groups is 1. The molecule has 0 amide bonds. The highest BCUT2D eigenvalue weighted by Gasteiger charge is 2.08. The van der Waals surface area contributed by atoms with Crippen LogP contribution >= 0.6 is 27.3 Å². The van der Waals surface area contributed by atoms with E-state index in [1.807, 2.05) is 23.6 Å². The summed E-state index contributed by atoms with van der Waals surface area (Å²) in [7, 11) is 3.16. The van der Waals surface area contributed by atoms with Crippen molar-refractivity contribution in [2.24, 2.45) is 0 Å². The second kappa shape index (κ2) is 6.72. The van der Waals surface area contributed by atoms with Gasteiger partial charge in [-0.15, -0.1) is 11.3 Å². The zero-order valence-electron chi connectivity index (χ0n) is 11.1. The lowest BCUT2D eigenvalue weighted by atomic mass is 10.1. The predicted octanol–water partition coefficient (Wildman–Crippen LogP) is 4.42. The van der Waals surface area contributed by atoms with Gasteiger partial charge in [0.25, 0.3) is 0 Å². The predicted molar refractivity (Wildman–Crippen MR) is 84.9 cm³/mol. The Balaban J connectivity index is 2.27. The number of benzene rings is 1. The Bertz CT molecular complexity index is 633.